The van der Waals surface area contributed by atoms with Crippen molar-refractivity contribution >= 4 is 117 Å². The maximum absolute atomic E-state index is 14.3. The Bertz CT molecular complexity index is 4520. The van der Waals surface area contributed by atoms with E-state index >= 15 is 0 Å². The van der Waals surface area contributed by atoms with Crippen LogP contribution in [0.25, 0.3) is 11.4 Å². The van der Waals surface area contributed by atoms with E-state index in [9.17, 15) is 77.3 Å². The summed E-state index contributed by atoms with van der Waals surface area (Å²) in [4.78, 5) is 210. The molecule has 41 heteroatoms. The second kappa shape index (κ2) is 40.9. The molecule has 0 saturated carbocycles. The Morgan fingerprint density at radius 3 is 1.67 bits per heavy atom. The summed E-state index contributed by atoms with van der Waals surface area (Å²) >= 11 is 2.08. The van der Waals surface area contributed by atoms with E-state index in [1.54, 1.807) is 55.4 Å². The SMILES string of the molecule is C=C(NC(=O)[C@H](CC(C)C)NC(=O)c1nc(CNC(=O)CNC(=O)[C@H](CO)NC(=O)c2csc(C(CC(C)C)NC(=O)[C@@H](NC(=O)c3nc(C(=C)NC(=O)[C@@H](NC(=O)c4nc(C(C)NC(C)=O)oc4C)C(C)C)oc3C)[C@@H](C)CC)n2)oc1C)c1nc(C(=O)N[C@@H](C)C(=O)NCc2nc(C(=O)N[C@H](C(=O)O)C(C)C)cs2)co1. The van der Waals surface area contributed by atoms with Crippen molar-refractivity contribution in [3.63, 3.8) is 0 Å². The predicted molar refractivity (Wildman–Crippen MR) is 405 cm³/mol. The van der Waals surface area contributed by atoms with Crippen LogP contribution in [0.4, 0.5) is 0 Å². The molecule has 39 nitrogen and oxygen atoms in total. The molecule has 9 atom stereocenters. The maximum atomic E-state index is 14.3. The standard InChI is InChI=1S/C72H97N19O20S2/c1-19-33(10)53(89-67(105)56-40(17)111-70(91-56)37(14)79-63(101)51(31(6)7)87-66(104)55-39(16)110-69(90-55)36(13)76-41(18)93)64(102)82-43(21-30(4)5)71-85-47(28-113-71)61(99)83-44(25-92)58(96)74-22-48(94)73-23-49-86-54(38(15)109-49)65(103)81-42(20-29(2)3)59(97)78-35(12)68-84-45(26-108-68)60(98)77-34(11)57(95)75-24-50-80-46(27-112-50)62(100)88-52(32(8)9)72(106)107/h26-34,36,42-44,51-53,92H,12,14,19-25H2,1-11,13,15-18H3,(H,73,94)(H,74,96)(H,75,95)(H,76,93)(H,77,98)(H,78,97)(H,79,101)(H,81,103)(H,82,102)(H,83,99)(H,87,104)(H,88,100)(H,89,105)(H,106,107)/t33-,34-,36?,42-,43?,44-,51-,52-,53-/m0/s1. The van der Waals surface area contributed by atoms with Crippen LogP contribution in [0.5, 0.6) is 0 Å². The van der Waals surface area contributed by atoms with Gasteiger partial charge in [0.25, 0.3) is 35.4 Å². The minimum Gasteiger partial charge on any atom is -0.480 e. The van der Waals surface area contributed by atoms with Crippen LogP contribution < -0.4 is 69.1 Å². The van der Waals surface area contributed by atoms with Crippen molar-refractivity contribution < 1.29 is 95.0 Å². The smallest absolute Gasteiger partial charge is 0.326 e. The van der Waals surface area contributed by atoms with Crippen LogP contribution in [0.15, 0.2) is 47.8 Å². The zero-order chi connectivity index (χ0) is 84.2. The van der Waals surface area contributed by atoms with Gasteiger partial charge < -0.3 is 97.0 Å². The molecule has 0 bridgehead atoms. The summed E-state index contributed by atoms with van der Waals surface area (Å²) in [5.41, 5.74) is -1.40. The van der Waals surface area contributed by atoms with Crippen molar-refractivity contribution in [3.05, 3.63) is 115 Å². The highest BCUT2D eigenvalue weighted by atomic mass is 32.1. The molecule has 0 aliphatic heterocycles. The molecular weight excluding hydrogens is 1520 g/mol. The van der Waals surface area contributed by atoms with Crippen LogP contribution in [-0.4, -0.2) is 172 Å². The summed E-state index contributed by atoms with van der Waals surface area (Å²) in [5.74, 6) is -12.6. The van der Waals surface area contributed by atoms with Gasteiger partial charge >= 0.3 is 5.97 Å². The molecule has 6 rings (SSSR count). The van der Waals surface area contributed by atoms with Crippen LogP contribution in [0, 0.1) is 50.4 Å². The van der Waals surface area contributed by atoms with E-state index in [0.717, 1.165) is 28.9 Å². The van der Waals surface area contributed by atoms with E-state index in [1.807, 2.05) is 20.8 Å². The Kier molecular flexibility index (Phi) is 32.6. The van der Waals surface area contributed by atoms with Crippen molar-refractivity contribution in [1.82, 2.24) is 99.0 Å². The second-order valence-corrected chi connectivity index (χ2v) is 29.8. The zero-order valence-electron chi connectivity index (χ0n) is 65.3. The van der Waals surface area contributed by atoms with Gasteiger partial charge in [0.15, 0.2) is 22.8 Å². The van der Waals surface area contributed by atoms with Gasteiger partial charge in [0, 0.05) is 17.7 Å². The Morgan fingerprint density at radius 2 is 1.05 bits per heavy atom. The number of nitrogens with one attached hydrogen (secondary N) is 13. The van der Waals surface area contributed by atoms with Gasteiger partial charge in [-0.15, -0.1) is 22.7 Å². The van der Waals surface area contributed by atoms with Crippen molar-refractivity contribution in [3.8, 4) is 0 Å². The highest BCUT2D eigenvalue weighted by molar-refractivity contribution is 7.10. The van der Waals surface area contributed by atoms with Gasteiger partial charge in [0.1, 0.15) is 87.2 Å². The molecule has 0 saturated heterocycles. The summed E-state index contributed by atoms with van der Waals surface area (Å²) in [6.07, 6.45) is 1.82. The molecule has 113 heavy (non-hydrogen) atoms. The lowest BCUT2D eigenvalue weighted by Crippen LogP contribution is -2.51. The number of oxazole rings is 4. The molecule has 0 aliphatic carbocycles. The molecule has 13 amide bonds. The molecule has 0 aliphatic rings. The third-order valence-electron chi connectivity index (χ3n) is 16.9. The number of carbonyl (C=O) groups excluding carboxylic acids is 13. The number of amides is 13. The highest BCUT2D eigenvalue weighted by Gasteiger charge is 2.36. The first-order valence-electron chi connectivity index (χ1n) is 35.9. The molecule has 0 spiro atoms. The number of thiazole rings is 2. The van der Waals surface area contributed by atoms with Crippen LogP contribution in [0.3, 0.4) is 0 Å². The van der Waals surface area contributed by atoms with Gasteiger partial charge in [0.05, 0.1) is 43.7 Å². The first-order valence-corrected chi connectivity index (χ1v) is 37.7. The number of aliphatic carboxylic acids is 1. The largest absolute Gasteiger partial charge is 0.480 e. The van der Waals surface area contributed by atoms with E-state index in [1.165, 1.54) is 45.4 Å². The number of carboxylic acid groups (broad SMARTS) is 1. The number of aryl methyl sites for hydroxylation is 3. The minimum absolute atomic E-state index is 0.00858. The summed E-state index contributed by atoms with van der Waals surface area (Å²) in [6.45, 7) is 31.9. The van der Waals surface area contributed by atoms with Crippen LogP contribution >= 0.6 is 22.7 Å². The molecule has 15 N–H and O–H groups in total. The van der Waals surface area contributed by atoms with Crippen LogP contribution in [-0.2, 0) is 51.4 Å². The van der Waals surface area contributed by atoms with E-state index in [2.05, 4.69) is 112 Å². The first-order chi connectivity index (χ1) is 53.1. The Balaban J connectivity index is 0.966. The molecule has 2 unspecified atom stereocenters. The number of aliphatic hydroxyl groups is 1. The maximum Gasteiger partial charge on any atom is 0.326 e. The predicted octanol–water partition coefficient (Wildman–Crippen LogP) is 2.99. The number of hydrogen-bond donors (Lipinski definition) is 15. The molecule has 0 radical (unpaired) electrons. The van der Waals surface area contributed by atoms with E-state index in [-0.39, 0.29) is 129 Å². The lowest BCUT2D eigenvalue weighted by molar-refractivity contribution is -0.140. The quantitative estimate of drug-likeness (QED) is 0.0262. The van der Waals surface area contributed by atoms with E-state index in [0.29, 0.717) is 17.8 Å². The fourth-order valence-corrected chi connectivity index (χ4v) is 12.2. The van der Waals surface area contributed by atoms with Gasteiger partial charge in [0.2, 0.25) is 64.9 Å². The number of nitrogens with zero attached hydrogens (tertiary/aromatic N) is 6. The van der Waals surface area contributed by atoms with Gasteiger partial charge in [-0.2, -0.15) is 0 Å². The van der Waals surface area contributed by atoms with Crippen molar-refractivity contribution in [2.45, 2.75) is 191 Å². The fourth-order valence-electron chi connectivity index (χ4n) is 10.7. The molecule has 6 heterocycles. The number of carbonyl (C=O) groups is 14. The summed E-state index contributed by atoms with van der Waals surface area (Å²) in [6, 6.07) is -8.77. The Morgan fingerprint density at radius 1 is 0.504 bits per heavy atom. The van der Waals surface area contributed by atoms with Crippen LogP contribution in [0.1, 0.15) is 235 Å². The van der Waals surface area contributed by atoms with Gasteiger partial charge in [-0.1, -0.05) is 88.8 Å². The van der Waals surface area contributed by atoms with Crippen molar-refractivity contribution in [1.29, 1.82) is 0 Å². The molecule has 6 aromatic rings. The zero-order valence-corrected chi connectivity index (χ0v) is 67.0. The number of aliphatic hydroxyl groups excluding tert-OH is 1. The Hall–Kier alpha value is -11.9. The lowest BCUT2D eigenvalue weighted by atomic mass is 9.97. The summed E-state index contributed by atoms with van der Waals surface area (Å²) in [5, 5.41) is 56.4. The lowest BCUT2D eigenvalue weighted by Gasteiger charge is -2.26. The summed E-state index contributed by atoms with van der Waals surface area (Å²) < 4.78 is 22.4. The average Bonchev–Trinajstić information content (AvgIpc) is 1.72. The fraction of sp³-hybridized carbons (Fsp3) is 0.500. The minimum atomic E-state index is -1.58. The number of carboxylic acids is 1. The Labute approximate surface area is 657 Å². The van der Waals surface area contributed by atoms with E-state index in [4.69, 9.17) is 17.7 Å². The van der Waals surface area contributed by atoms with Crippen molar-refractivity contribution in [2.75, 3.05) is 13.2 Å². The third-order valence-corrected chi connectivity index (χ3v) is 18.7. The van der Waals surface area contributed by atoms with E-state index < -0.39 is 156 Å². The summed E-state index contributed by atoms with van der Waals surface area (Å²) in [7, 11) is 0. The first kappa shape index (κ1) is 90.0. The topological polar surface area (TPSA) is 566 Å². The van der Waals surface area contributed by atoms with Crippen molar-refractivity contribution in [2.24, 2.45) is 29.6 Å². The normalized spacial score (nSPS) is 13.7. The van der Waals surface area contributed by atoms with Gasteiger partial charge in [-0.05, 0) is 77.0 Å². The molecule has 0 fully saturated rings. The van der Waals surface area contributed by atoms with Crippen LogP contribution in [0.2, 0.25) is 0 Å². The monoisotopic (exact) mass is 1610 g/mol. The van der Waals surface area contributed by atoms with Gasteiger partial charge in [-0.3, -0.25) is 62.3 Å². The van der Waals surface area contributed by atoms with Gasteiger partial charge in [-0.25, -0.2) is 34.7 Å². The third kappa shape index (κ3) is 25.6. The number of rotatable bonds is 41. The molecule has 0 aromatic carbocycles. The number of aromatic nitrogens is 6. The molecule has 6 aromatic heterocycles. The molecular formula is C72H97N19O20S2. The highest BCUT2D eigenvalue weighted by Crippen LogP contribution is 2.27. The molecule has 612 valence electrons. The average molecular weight is 1610 g/mol. The second-order valence-electron chi connectivity index (χ2n) is 28.0. The number of hydrogen-bond acceptors (Lipinski definition) is 27.